The first-order chi connectivity index (χ1) is 33.7. The summed E-state index contributed by atoms with van der Waals surface area (Å²) in [4.78, 5) is 31.1. The standard InChI is InChI=1S/C60H37N7O/c1-5-17-38(18-6-1)55-62-58(64-59(63-55)43-31-34-54-49(35-43)48-26-14-16-28-53(48)68-54)42-30-32-45(41-29-33-47-46-25-13-15-27-51(46)67(52(47)37-41)44-23-11-4-12-24-44)50(36-42)60-65-56(39-19-7-2-8-20-39)61-57(66-60)40-21-9-3-10-22-40/h1-37H. The fourth-order valence-electron chi connectivity index (χ4n) is 9.26. The molecule has 0 fully saturated rings. The number of benzene rings is 9. The summed E-state index contributed by atoms with van der Waals surface area (Å²) in [6, 6.07) is 76.5. The van der Waals surface area contributed by atoms with Gasteiger partial charge < -0.3 is 8.98 Å². The first kappa shape index (κ1) is 39.0. The zero-order chi connectivity index (χ0) is 45.0. The quantitative estimate of drug-likeness (QED) is 0.150. The second-order valence-corrected chi connectivity index (χ2v) is 16.7. The molecule has 0 aliphatic heterocycles. The Morgan fingerprint density at radius 2 is 0.721 bits per heavy atom. The van der Waals surface area contributed by atoms with Crippen LogP contribution in [0.4, 0.5) is 0 Å². The Morgan fingerprint density at radius 3 is 1.35 bits per heavy atom. The molecule has 0 unspecified atom stereocenters. The molecule has 0 spiro atoms. The van der Waals surface area contributed by atoms with Crippen molar-refractivity contribution in [2.24, 2.45) is 0 Å². The van der Waals surface area contributed by atoms with Gasteiger partial charge in [-0.05, 0) is 65.7 Å². The van der Waals surface area contributed by atoms with E-state index in [1.54, 1.807) is 0 Å². The normalized spacial score (nSPS) is 11.5. The van der Waals surface area contributed by atoms with Crippen molar-refractivity contribution >= 4 is 43.7 Å². The highest BCUT2D eigenvalue weighted by atomic mass is 16.3. The van der Waals surface area contributed by atoms with Gasteiger partial charge in [0.15, 0.2) is 34.9 Å². The summed E-state index contributed by atoms with van der Waals surface area (Å²) in [5, 5.41) is 4.38. The molecule has 0 aliphatic carbocycles. The van der Waals surface area contributed by atoms with Gasteiger partial charge in [0.2, 0.25) is 0 Å². The molecule has 8 nitrogen and oxygen atoms in total. The lowest BCUT2D eigenvalue weighted by Gasteiger charge is -2.15. The first-order valence-electron chi connectivity index (χ1n) is 22.5. The molecule has 0 radical (unpaired) electrons. The van der Waals surface area contributed by atoms with Gasteiger partial charge in [-0.2, -0.15) is 0 Å². The molecule has 68 heavy (non-hydrogen) atoms. The van der Waals surface area contributed by atoms with Gasteiger partial charge in [0.25, 0.3) is 0 Å². The second-order valence-electron chi connectivity index (χ2n) is 16.7. The number of rotatable bonds is 8. The molecule has 0 aliphatic rings. The summed E-state index contributed by atoms with van der Waals surface area (Å²) >= 11 is 0. The minimum Gasteiger partial charge on any atom is -0.456 e. The van der Waals surface area contributed by atoms with Crippen LogP contribution in [0.15, 0.2) is 229 Å². The Balaban J connectivity index is 1.06. The van der Waals surface area contributed by atoms with E-state index >= 15 is 0 Å². The third-order valence-corrected chi connectivity index (χ3v) is 12.5. The van der Waals surface area contributed by atoms with Crippen molar-refractivity contribution in [3.8, 4) is 85.1 Å². The van der Waals surface area contributed by atoms with Crippen LogP contribution in [0.2, 0.25) is 0 Å². The smallest absolute Gasteiger partial charge is 0.164 e. The Labute approximate surface area is 390 Å². The van der Waals surface area contributed by atoms with Crippen LogP contribution in [0, 0.1) is 0 Å². The third kappa shape index (κ3) is 6.87. The zero-order valence-corrected chi connectivity index (χ0v) is 36.4. The van der Waals surface area contributed by atoms with Crippen LogP contribution in [0.3, 0.4) is 0 Å². The summed E-state index contributed by atoms with van der Waals surface area (Å²) in [5.74, 6) is 3.28. The predicted octanol–water partition coefficient (Wildman–Crippen LogP) is 14.7. The van der Waals surface area contributed by atoms with Crippen LogP contribution in [-0.4, -0.2) is 34.5 Å². The van der Waals surface area contributed by atoms with Gasteiger partial charge in [-0.3, -0.25) is 0 Å². The van der Waals surface area contributed by atoms with Crippen LogP contribution in [-0.2, 0) is 0 Å². The second kappa shape index (κ2) is 16.2. The molecule has 13 aromatic rings. The number of hydrogen-bond donors (Lipinski definition) is 0. The predicted molar refractivity (Wildman–Crippen MR) is 273 cm³/mol. The largest absolute Gasteiger partial charge is 0.456 e. The molecule has 9 aromatic carbocycles. The minimum absolute atomic E-state index is 0.513. The number of nitrogens with zero attached hydrogens (tertiary/aromatic N) is 7. The maximum atomic E-state index is 6.20. The van der Waals surface area contributed by atoms with E-state index in [4.69, 9.17) is 34.3 Å². The molecular formula is C60H37N7O. The Morgan fingerprint density at radius 1 is 0.265 bits per heavy atom. The van der Waals surface area contributed by atoms with Gasteiger partial charge in [-0.1, -0.05) is 170 Å². The summed E-state index contributed by atoms with van der Waals surface area (Å²) in [7, 11) is 0. The van der Waals surface area contributed by atoms with Gasteiger partial charge in [0.1, 0.15) is 11.2 Å². The molecule has 0 bridgehead atoms. The van der Waals surface area contributed by atoms with Crippen LogP contribution >= 0.6 is 0 Å². The number of para-hydroxylation sites is 3. The van der Waals surface area contributed by atoms with Crippen LogP contribution in [0.1, 0.15) is 0 Å². The lowest BCUT2D eigenvalue weighted by atomic mass is 9.95. The Hall–Kier alpha value is -9.40. The maximum absolute atomic E-state index is 6.20. The number of fused-ring (bicyclic) bond motifs is 6. The van der Waals surface area contributed by atoms with Crippen molar-refractivity contribution < 1.29 is 4.42 Å². The highest BCUT2D eigenvalue weighted by Crippen LogP contribution is 2.40. The zero-order valence-electron chi connectivity index (χ0n) is 36.4. The molecule has 0 amide bonds. The highest BCUT2D eigenvalue weighted by molar-refractivity contribution is 6.10. The van der Waals surface area contributed by atoms with Gasteiger partial charge in [0, 0.05) is 60.6 Å². The SMILES string of the molecule is c1ccc(-c2nc(-c3ccc(-c4ccc5c6ccccc6n(-c6ccccc6)c5c4)c(-c4nc(-c5ccccc5)nc(-c5ccccc5)n4)c3)nc(-c3ccc4oc5ccccc5c4c3)n2)cc1. The Kier molecular flexibility index (Phi) is 9.31. The number of hydrogen-bond acceptors (Lipinski definition) is 7. The van der Waals surface area contributed by atoms with E-state index in [0.717, 1.165) is 88.6 Å². The number of aromatic nitrogens is 7. The highest BCUT2D eigenvalue weighted by Gasteiger charge is 2.21. The lowest BCUT2D eigenvalue weighted by molar-refractivity contribution is 0.669. The minimum atomic E-state index is 0.513. The lowest BCUT2D eigenvalue weighted by Crippen LogP contribution is -2.03. The Bertz CT molecular complexity index is 3960. The van der Waals surface area contributed by atoms with Gasteiger partial charge in [0.05, 0.1) is 11.0 Å². The van der Waals surface area contributed by atoms with E-state index in [9.17, 15) is 0 Å². The van der Waals surface area contributed by atoms with Crippen molar-refractivity contribution in [3.05, 3.63) is 224 Å². The molecule has 4 heterocycles. The first-order valence-corrected chi connectivity index (χ1v) is 22.5. The topological polar surface area (TPSA) is 95.4 Å². The molecule has 0 N–H and O–H groups in total. The molecule has 13 rings (SSSR count). The van der Waals surface area contributed by atoms with Crippen molar-refractivity contribution in [2.75, 3.05) is 0 Å². The van der Waals surface area contributed by atoms with Gasteiger partial charge in [-0.25, -0.2) is 29.9 Å². The molecule has 4 aromatic heterocycles. The van der Waals surface area contributed by atoms with E-state index in [2.05, 4.69) is 108 Å². The fourth-order valence-corrected chi connectivity index (χ4v) is 9.26. The fraction of sp³-hybridized carbons (Fsp3) is 0. The summed E-state index contributed by atoms with van der Waals surface area (Å²) in [5.41, 5.74) is 12.0. The van der Waals surface area contributed by atoms with E-state index in [1.807, 2.05) is 121 Å². The molecular weight excluding hydrogens is 835 g/mol. The molecule has 0 saturated carbocycles. The van der Waals surface area contributed by atoms with Gasteiger partial charge in [-0.15, -0.1) is 0 Å². The van der Waals surface area contributed by atoms with Crippen LogP contribution in [0.25, 0.3) is 129 Å². The third-order valence-electron chi connectivity index (χ3n) is 12.5. The van der Waals surface area contributed by atoms with Crippen molar-refractivity contribution in [1.29, 1.82) is 0 Å². The van der Waals surface area contributed by atoms with E-state index < -0.39 is 0 Å². The molecule has 0 atom stereocenters. The van der Waals surface area contributed by atoms with E-state index in [1.165, 1.54) is 5.39 Å². The van der Waals surface area contributed by atoms with Crippen LogP contribution in [0.5, 0.6) is 0 Å². The van der Waals surface area contributed by atoms with Crippen LogP contribution < -0.4 is 0 Å². The maximum Gasteiger partial charge on any atom is 0.164 e. The van der Waals surface area contributed by atoms with Crippen molar-refractivity contribution in [2.45, 2.75) is 0 Å². The van der Waals surface area contributed by atoms with E-state index in [0.29, 0.717) is 34.9 Å². The average Bonchev–Trinajstić information content (AvgIpc) is 3.96. The van der Waals surface area contributed by atoms with Crippen molar-refractivity contribution in [1.82, 2.24) is 34.5 Å². The molecule has 318 valence electrons. The number of furan rings is 1. The van der Waals surface area contributed by atoms with Crippen molar-refractivity contribution in [3.63, 3.8) is 0 Å². The van der Waals surface area contributed by atoms with E-state index in [-0.39, 0.29) is 0 Å². The summed E-state index contributed by atoms with van der Waals surface area (Å²) in [6.45, 7) is 0. The average molecular weight is 872 g/mol. The van der Waals surface area contributed by atoms with Gasteiger partial charge >= 0.3 is 0 Å². The molecule has 0 saturated heterocycles. The molecule has 8 heteroatoms. The monoisotopic (exact) mass is 871 g/mol. The summed E-state index contributed by atoms with van der Waals surface area (Å²) < 4.78 is 8.54. The summed E-state index contributed by atoms with van der Waals surface area (Å²) in [6.07, 6.45) is 0.